The maximum atomic E-state index is 12.6. The van der Waals surface area contributed by atoms with Crippen LogP contribution in [0, 0.1) is 5.92 Å². The quantitative estimate of drug-likeness (QED) is 0.255. The molecule has 0 radical (unpaired) electrons. The van der Waals surface area contributed by atoms with Crippen molar-refractivity contribution < 1.29 is 9.21 Å². The van der Waals surface area contributed by atoms with Gasteiger partial charge in [0.15, 0.2) is 0 Å². The monoisotopic (exact) mass is 516 g/mol. The van der Waals surface area contributed by atoms with E-state index in [0.717, 1.165) is 47.8 Å². The van der Waals surface area contributed by atoms with Crippen LogP contribution in [0.15, 0.2) is 53.5 Å². The Hall–Kier alpha value is -4.18. The third kappa shape index (κ3) is 4.79. The molecule has 188 valence electrons. The number of nitrogens with one attached hydrogen (secondary N) is 3. The first-order chi connectivity index (χ1) is 18.0. The Morgan fingerprint density at radius 1 is 1.14 bits per heavy atom. The fraction of sp³-hybridized carbons (Fsp3) is 0.269. The van der Waals surface area contributed by atoms with Gasteiger partial charge < -0.3 is 20.0 Å². The summed E-state index contributed by atoms with van der Waals surface area (Å²) in [7, 11) is 1.87. The number of anilines is 3. The number of hydrogen-bond acceptors (Lipinski definition) is 7. The molecule has 1 fully saturated rings. The summed E-state index contributed by atoms with van der Waals surface area (Å²) >= 11 is 6.49. The highest BCUT2D eigenvalue weighted by atomic mass is 35.5. The molecule has 11 heteroatoms. The molecule has 0 spiro atoms. The van der Waals surface area contributed by atoms with Crippen LogP contribution >= 0.6 is 11.6 Å². The number of amides is 1. The Labute approximate surface area is 217 Å². The Morgan fingerprint density at radius 2 is 2.00 bits per heavy atom. The van der Waals surface area contributed by atoms with Crippen LogP contribution in [0.5, 0.6) is 0 Å². The van der Waals surface area contributed by atoms with Crippen LogP contribution in [-0.4, -0.2) is 35.9 Å². The van der Waals surface area contributed by atoms with E-state index in [1.807, 2.05) is 19.3 Å². The van der Waals surface area contributed by atoms with E-state index in [9.17, 15) is 4.79 Å². The topological polar surface area (TPSA) is 127 Å². The highest BCUT2D eigenvalue weighted by Crippen LogP contribution is 2.33. The molecule has 4 aromatic heterocycles. The number of aryl methyl sites for hydroxylation is 1. The van der Waals surface area contributed by atoms with Crippen molar-refractivity contribution in [2.75, 3.05) is 10.6 Å². The summed E-state index contributed by atoms with van der Waals surface area (Å²) in [6.07, 6.45) is 12.6. The number of benzene rings is 1. The van der Waals surface area contributed by atoms with E-state index < -0.39 is 0 Å². The lowest BCUT2D eigenvalue weighted by Crippen LogP contribution is -2.24. The van der Waals surface area contributed by atoms with Gasteiger partial charge in [0.1, 0.15) is 5.65 Å². The molecule has 3 N–H and O–H groups in total. The first-order valence-electron chi connectivity index (χ1n) is 12.2. The molecule has 0 atom stereocenters. The summed E-state index contributed by atoms with van der Waals surface area (Å²) in [5.74, 6) is 0.464. The van der Waals surface area contributed by atoms with Crippen molar-refractivity contribution in [1.82, 2.24) is 29.9 Å². The molecular formula is C26H25ClN8O2. The molecule has 0 saturated heterocycles. The third-order valence-electron chi connectivity index (χ3n) is 6.68. The van der Waals surface area contributed by atoms with Gasteiger partial charge in [-0.15, -0.1) is 5.10 Å². The van der Waals surface area contributed by atoms with Gasteiger partial charge in [0.2, 0.25) is 5.91 Å². The summed E-state index contributed by atoms with van der Waals surface area (Å²) in [6, 6.07) is 7.50. The number of nitrogens with zero attached hydrogens (tertiary/aromatic N) is 5. The lowest BCUT2D eigenvalue weighted by molar-refractivity contribution is -0.120. The van der Waals surface area contributed by atoms with Crippen LogP contribution in [0.3, 0.4) is 0 Å². The Balaban J connectivity index is 1.19. The van der Waals surface area contributed by atoms with Gasteiger partial charge in [0, 0.05) is 53.8 Å². The summed E-state index contributed by atoms with van der Waals surface area (Å²) in [5, 5.41) is 19.9. The van der Waals surface area contributed by atoms with Gasteiger partial charge in [0.25, 0.3) is 5.89 Å². The normalized spacial score (nSPS) is 14.2. The first-order valence-corrected chi connectivity index (χ1v) is 12.6. The lowest BCUT2D eigenvalue weighted by atomic mass is 9.88. The standard InChI is InChI=1S/C26H25ClN8O2/c1-35-14-17(12-30-35)16-9-19-20(13-29-23(19)28-11-16)25-33-34-26(37-25)32-22-8-7-18(10-21(22)27)31-24(36)15-5-3-2-4-6-15/h7-15H,2-6H2,1H3,(H,28,29)(H,31,36)(H,32,34). The SMILES string of the molecule is Cn1cc(-c2cnc3[nH]cc(-c4nnc(Nc5ccc(NC(=O)C6CCCCC6)cc5Cl)o4)c3c2)cn1. The van der Waals surface area contributed by atoms with Crippen molar-refractivity contribution in [3.63, 3.8) is 0 Å². The molecule has 1 aliphatic carbocycles. The molecule has 10 nitrogen and oxygen atoms in total. The predicted molar refractivity (Wildman–Crippen MR) is 142 cm³/mol. The zero-order chi connectivity index (χ0) is 25.4. The van der Waals surface area contributed by atoms with Gasteiger partial charge in [-0.1, -0.05) is 36.0 Å². The van der Waals surface area contributed by atoms with Crippen molar-refractivity contribution in [2.24, 2.45) is 13.0 Å². The van der Waals surface area contributed by atoms with Crippen LogP contribution in [0.1, 0.15) is 32.1 Å². The molecule has 1 aliphatic rings. The minimum absolute atomic E-state index is 0.0536. The predicted octanol–water partition coefficient (Wildman–Crippen LogP) is 5.93. The maximum absolute atomic E-state index is 12.6. The molecule has 1 saturated carbocycles. The van der Waals surface area contributed by atoms with E-state index in [2.05, 4.69) is 35.9 Å². The zero-order valence-corrected chi connectivity index (χ0v) is 20.9. The lowest BCUT2D eigenvalue weighted by Gasteiger charge is -2.20. The number of hydrogen-bond donors (Lipinski definition) is 3. The van der Waals surface area contributed by atoms with Crippen molar-refractivity contribution >= 4 is 45.9 Å². The van der Waals surface area contributed by atoms with E-state index in [0.29, 0.717) is 27.9 Å². The molecule has 37 heavy (non-hydrogen) atoms. The second-order valence-corrected chi connectivity index (χ2v) is 9.69. The van der Waals surface area contributed by atoms with E-state index >= 15 is 0 Å². The molecule has 0 aliphatic heterocycles. The summed E-state index contributed by atoms with van der Waals surface area (Å²) in [5.41, 5.74) is 4.59. The summed E-state index contributed by atoms with van der Waals surface area (Å²) < 4.78 is 7.64. The number of pyridine rings is 1. The number of carbonyl (C=O) groups is 1. The second kappa shape index (κ2) is 9.70. The largest absolute Gasteiger partial charge is 0.403 e. The molecule has 6 rings (SSSR count). The highest BCUT2D eigenvalue weighted by molar-refractivity contribution is 6.33. The van der Waals surface area contributed by atoms with Gasteiger partial charge >= 0.3 is 6.01 Å². The molecule has 1 aromatic carbocycles. The number of halogens is 1. The van der Waals surface area contributed by atoms with Crippen LogP contribution in [0.25, 0.3) is 33.6 Å². The maximum Gasteiger partial charge on any atom is 0.320 e. The fourth-order valence-corrected chi connectivity index (χ4v) is 4.94. The van der Waals surface area contributed by atoms with Gasteiger partial charge in [-0.2, -0.15) is 5.10 Å². The van der Waals surface area contributed by atoms with Crippen molar-refractivity contribution in [1.29, 1.82) is 0 Å². The van der Waals surface area contributed by atoms with Crippen LogP contribution in [0.2, 0.25) is 5.02 Å². The molecule has 0 bridgehead atoms. The smallest absolute Gasteiger partial charge is 0.320 e. The van der Waals surface area contributed by atoms with Gasteiger partial charge in [-0.25, -0.2) is 4.98 Å². The number of aromatic amines is 1. The zero-order valence-electron chi connectivity index (χ0n) is 20.2. The second-order valence-electron chi connectivity index (χ2n) is 9.28. The summed E-state index contributed by atoms with van der Waals surface area (Å²) in [4.78, 5) is 20.2. The first kappa shape index (κ1) is 23.2. The van der Waals surface area contributed by atoms with Crippen molar-refractivity contribution in [3.8, 4) is 22.6 Å². The number of rotatable bonds is 6. The highest BCUT2D eigenvalue weighted by Gasteiger charge is 2.21. The fourth-order valence-electron chi connectivity index (χ4n) is 4.71. The Kier molecular flexibility index (Phi) is 6.09. The van der Waals surface area contributed by atoms with Gasteiger partial charge in [-0.05, 0) is 37.1 Å². The Bertz CT molecular complexity index is 1580. The number of aromatic nitrogens is 6. The average Bonchev–Trinajstić information content (AvgIpc) is 3.65. The summed E-state index contributed by atoms with van der Waals surface area (Å²) in [6.45, 7) is 0. The molecule has 4 heterocycles. The molecule has 1 amide bonds. The molecular weight excluding hydrogens is 492 g/mol. The van der Waals surface area contributed by atoms with E-state index in [1.54, 1.807) is 41.5 Å². The third-order valence-corrected chi connectivity index (χ3v) is 6.99. The Morgan fingerprint density at radius 3 is 2.78 bits per heavy atom. The minimum atomic E-state index is 0.0536. The number of H-pyrrole nitrogens is 1. The van der Waals surface area contributed by atoms with E-state index in [1.165, 1.54) is 6.42 Å². The number of carbonyl (C=O) groups excluding carboxylic acids is 1. The van der Waals surface area contributed by atoms with Crippen molar-refractivity contribution in [3.05, 3.63) is 54.1 Å². The van der Waals surface area contributed by atoms with E-state index in [-0.39, 0.29) is 17.8 Å². The minimum Gasteiger partial charge on any atom is -0.403 e. The van der Waals surface area contributed by atoms with Crippen LogP contribution in [0.4, 0.5) is 17.4 Å². The van der Waals surface area contributed by atoms with Crippen LogP contribution < -0.4 is 10.6 Å². The number of fused-ring (bicyclic) bond motifs is 1. The van der Waals surface area contributed by atoms with E-state index in [4.69, 9.17) is 16.0 Å². The molecule has 5 aromatic rings. The van der Waals surface area contributed by atoms with Crippen LogP contribution in [-0.2, 0) is 11.8 Å². The van der Waals surface area contributed by atoms with Gasteiger partial charge in [0.05, 0.1) is 22.5 Å². The average molecular weight is 517 g/mol. The van der Waals surface area contributed by atoms with Gasteiger partial charge in [-0.3, -0.25) is 9.48 Å². The van der Waals surface area contributed by atoms with Crippen molar-refractivity contribution in [2.45, 2.75) is 32.1 Å². The molecule has 0 unspecified atom stereocenters.